The van der Waals surface area contributed by atoms with Crippen molar-refractivity contribution in [1.29, 1.82) is 0 Å². The average molecular weight is 202 g/mol. The Morgan fingerprint density at radius 1 is 1.47 bits per heavy atom. The molecule has 0 amide bonds. The Bertz CT molecular complexity index is 510. The second kappa shape index (κ2) is 2.79. The number of nitrogens with one attached hydrogen (secondary N) is 1. The van der Waals surface area contributed by atoms with Crippen LogP contribution >= 0.6 is 0 Å². The van der Waals surface area contributed by atoms with Gasteiger partial charge in [0, 0.05) is 6.20 Å². The van der Waals surface area contributed by atoms with Crippen molar-refractivity contribution in [3.63, 3.8) is 0 Å². The Labute approximate surface area is 87.9 Å². The molecule has 0 saturated heterocycles. The van der Waals surface area contributed by atoms with E-state index in [0.29, 0.717) is 0 Å². The molecule has 1 aliphatic carbocycles. The molecule has 0 radical (unpaired) electrons. The van der Waals surface area contributed by atoms with Gasteiger partial charge in [0.15, 0.2) is 5.65 Å². The monoisotopic (exact) mass is 202 g/mol. The third-order valence-corrected chi connectivity index (χ3v) is 3.19. The number of aromatic amines is 1. The van der Waals surface area contributed by atoms with Crippen LogP contribution in [0.1, 0.15) is 30.7 Å². The number of H-pyrrole nitrogens is 1. The van der Waals surface area contributed by atoms with Crippen LogP contribution in [0, 0.1) is 6.92 Å². The molecule has 2 heterocycles. The second-order valence-electron chi connectivity index (χ2n) is 4.48. The second-order valence-corrected chi connectivity index (χ2v) is 4.48. The Morgan fingerprint density at radius 3 is 2.93 bits per heavy atom. The first kappa shape index (κ1) is 8.85. The third kappa shape index (κ3) is 1.25. The fourth-order valence-electron chi connectivity index (χ4n) is 2.03. The molecule has 1 aliphatic rings. The maximum atomic E-state index is 6.20. The molecule has 4 nitrogen and oxygen atoms in total. The molecule has 0 spiro atoms. The van der Waals surface area contributed by atoms with E-state index in [2.05, 4.69) is 21.0 Å². The summed E-state index contributed by atoms with van der Waals surface area (Å²) in [7, 11) is 0. The van der Waals surface area contributed by atoms with Gasteiger partial charge < -0.3 is 10.7 Å². The van der Waals surface area contributed by atoms with E-state index in [-0.39, 0.29) is 5.54 Å². The van der Waals surface area contributed by atoms with E-state index in [1.807, 2.05) is 13.1 Å². The molecule has 78 valence electrons. The van der Waals surface area contributed by atoms with Crippen LogP contribution in [0.5, 0.6) is 0 Å². The zero-order valence-electron chi connectivity index (χ0n) is 8.75. The topological polar surface area (TPSA) is 67.6 Å². The van der Waals surface area contributed by atoms with Crippen molar-refractivity contribution in [3.8, 4) is 0 Å². The predicted octanol–water partition coefficient (Wildman–Crippen LogP) is 1.60. The molecule has 2 aromatic rings. The first-order valence-electron chi connectivity index (χ1n) is 5.29. The normalized spacial score (nSPS) is 19.1. The van der Waals surface area contributed by atoms with E-state index < -0.39 is 0 Å². The van der Waals surface area contributed by atoms with Crippen LogP contribution in [-0.4, -0.2) is 15.0 Å². The highest BCUT2D eigenvalue weighted by Gasteiger charge is 2.37. The van der Waals surface area contributed by atoms with Crippen molar-refractivity contribution < 1.29 is 0 Å². The zero-order chi connectivity index (χ0) is 10.5. The lowest BCUT2D eigenvalue weighted by molar-refractivity contribution is 0.240. The van der Waals surface area contributed by atoms with Gasteiger partial charge in [-0.3, -0.25) is 0 Å². The summed E-state index contributed by atoms with van der Waals surface area (Å²) >= 11 is 0. The maximum Gasteiger partial charge on any atom is 0.177 e. The smallest absolute Gasteiger partial charge is 0.177 e. The number of pyridine rings is 1. The highest BCUT2D eigenvalue weighted by molar-refractivity contribution is 5.71. The van der Waals surface area contributed by atoms with E-state index in [0.717, 1.165) is 35.4 Å². The summed E-state index contributed by atoms with van der Waals surface area (Å²) in [5, 5.41) is 0. The van der Waals surface area contributed by atoms with Gasteiger partial charge in [-0.05, 0) is 37.8 Å². The molecular formula is C11H14N4. The van der Waals surface area contributed by atoms with Gasteiger partial charge in [0.25, 0.3) is 0 Å². The number of aryl methyl sites for hydroxylation is 1. The highest BCUT2D eigenvalue weighted by Crippen LogP contribution is 2.37. The Balaban J connectivity index is 2.14. The van der Waals surface area contributed by atoms with Crippen LogP contribution in [0.25, 0.3) is 11.2 Å². The highest BCUT2D eigenvalue weighted by atomic mass is 15.0. The number of hydrogen-bond acceptors (Lipinski definition) is 3. The van der Waals surface area contributed by atoms with Crippen LogP contribution in [-0.2, 0) is 5.54 Å². The van der Waals surface area contributed by atoms with Crippen molar-refractivity contribution in [3.05, 3.63) is 23.7 Å². The first-order chi connectivity index (χ1) is 7.17. The van der Waals surface area contributed by atoms with Crippen LogP contribution in [0.3, 0.4) is 0 Å². The fraction of sp³-hybridized carbons (Fsp3) is 0.455. The van der Waals surface area contributed by atoms with Gasteiger partial charge in [0.1, 0.15) is 5.82 Å². The lowest BCUT2D eigenvalue weighted by atomic mass is 9.77. The van der Waals surface area contributed by atoms with Crippen molar-refractivity contribution in [2.75, 3.05) is 0 Å². The molecule has 0 aromatic carbocycles. The van der Waals surface area contributed by atoms with Gasteiger partial charge in [-0.15, -0.1) is 0 Å². The fourth-order valence-corrected chi connectivity index (χ4v) is 2.03. The number of imidazole rings is 1. The summed E-state index contributed by atoms with van der Waals surface area (Å²) in [4.78, 5) is 12.0. The molecule has 0 unspecified atom stereocenters. The summed E-state index contributed by atoms with van der Waals surface area (Å²) in [5.41, 5.74) is 8.87. The Kier molecular flexibility index (Phi) is 1.65. The first-order valence-corrected chi connectivity index (χ1v) is 5.29. The number of nitrogens with zero attached hydrogens (tertiary/aromatic N) is 2. The van der Waals surface area contributed by atoms with E-state index >= 15 is 0 Å². The number of nitrogens with two attached hydrogens (primary N) is 1. The summed E-state index contributed by atoms with van der Waals surface area (Å²) < 4.78 is 0. The molecule has 1 saturated carbocycles. The molecule has 0 aliphatic heterocycles. The Morgan fingerprint density at radius 2 is 2.27 bits per heavy atom. The van der Waals surface area contributed by atoms with E-state index in [4.69, 9.17) is 5.73 Å². The summed E-state index contributed by atoms with van der Waals surface area (Å²) in [6, 6.07) is 2.06. The van der Waals surface area contributed by atoms with Crippen molar-refractivity contribution in [2.24, 2.45) is 5.73 Å². The lowest BCUT2D eigenvalue weighted by Crippen LogP contribution is -2.44. The minimum atomic E-state index is -0.228. The van der Waals surface area contributed by atoms with Gasteiger partial charge in [-0.2, -0.15) is 0 Å². The minimum Gasteiger partial charge on any atom is -0.339 e. The maximum absolute atomic E-state index is 6.20. The number of aromatic nitrogens is 3. The average Bonchev–Trinajstić information content (AvgIpc) is 2.57. The van der Waals surface area contributed by atoms with Gasteiger partial charge in [0.2, 0.25) is 0 Å². The molecule has 0 bridgehead atoms. The van der Waals surface area contributed by atoms with Crippen LogP contribution in [0.15, 0.2) is 12.3 Å². The number of hydrogen-bond donors (Lipinski definition) is 2. The molecule has 3 rings (SSSR count). The van der Waals surface area contributed by atoms with E-state index in [1.54, 1.807) is 0 Å². The van der Waals surface area contributed by atoms with E-state index in [9.17, 15) is 0 Å². The molecule has 3 N–H and O–H groups in total. The molecule has 0 atom stereocenters. The van der Waals surface area contributed by atoms with Crippen LogP contribution in [0.2, 0.25) is 0 Å². The van der Waals surface area contributed by atoms with Crippen molar-refractivity contribution >= 4 is 11.2 Å². The predicted molar refractivity (Wildman–Crippen MR) is 58.3 cm³/mol. The van der Waals surface area contributed by atoms with Gasteiger partial charge in [-0.1, -0.05) is 0 Å². The summed E-state index contributed by atoms with van der Waals surface area (Å²) in [5.74, 6) is 0.891. The number of fused-ring (bicyclic) bond motifs is 1. The van der Waals surface area contributed by atoms with Crippen molar-refractivity contribution in [2.45, 2.75) is 31.7 Å². The SMILES string of the molecule is Cc1cnc2nc(C3(N)CCC3)[nH]c2c1. The van der Waals surface area contributed by atoms with Gasteiger partial charge in [0.05, 0.1) is 11.1 Å². The quantitative estimate of drug-likeness (QED) is 0.738. The van der Waals surface area contributed by atoms with Crippen LogP contribution in [0.4, 0.5) is 0 Å². The van der Waals surface area contributed by atoms with E-state index in [1.165, 1.54) is 6.42 Å². The largest absolute Gasteiger partial charge is 0.339 e. The number of rotatable bonds is 1. The molecule has 15 heavy (non-hydrogen) atoms. The standard InChI is InChI=1S/C11H14N4/c1-7-5-8-9(13-6-7)15-10(14-8)11(12)3-2-4-11/h5-6H,2-4,12H2,1H3,(H,13,14,15). The summed E-state index contributed by atoms with van der Waals surface area (Å²) in [6.07, 6.45) is 5.06. The summed E-state index contributed by atoms with van der Waals surface area (Å²) in [6.45, 7) is 2.02. The Hall–Kier alpha value is -1.42. The molecule has 1 fully saturated rings. The minimum absolute atomic E-state index is 0.228. The third-order valence-electron chi connectivity index (χ3n) is 3.19. The zero-order valence-corrected chi connectivity index (χ0v) is 8.75. The van der Waals surface area contributed by atoms with Crippen molar-refractivity contribution in [1.82, 2.24) is 15.0 Å². The lowest BCUT2D eigenvalue weighted by Gasteiger charge is -2.35. The molecular weight excluding hydrogens is 188 g/mol. The van der Waals surface area contributed by atoms with Gasteiger partial charge >= 0.3 is 0 Å². The molecule has 4 heteroatoms. The van der Waals surface area contributed by atoms with Crippen LogP contribution < -0.4 is 5.73 Å². The van der Waals surface area contributed by atoms with Gasteiger partial charge in [-0.25, -0.2) is 9.97 Å². The molecule has 2 aromatic heterocycles.